The van der Waals surface area contributed by atoms with Crippen LogP contribution in [0.2, 0.25) is 5.02 Å². The standard InChI is InChI=1S/C18H20ClNO3S2/c1-12-13(2)17(9-8-16(12)23-3)25(21,22)20-10-11-24-18(20)14-6-4-5-7-15(14)19/h4-9,18H,10-11H2,1-3H3. The summed E-state index contributed by atoms with van der Waals surface area (Å²) in [5.41, 5.74) is 2.39. The summed E-state index contributed by atoms with van der Waals surface area (Å²) >= 11 is 7.91. The maximum Gasteiger partial charge on any atom is 0.244 e. The van der Waals surface area contributed by atoms with Crippen LogP contribution in [0.4, 0.5) is 0 Å². The van der Waals surface area contributed by atoms with E-state index in [0.29, 0.717) is 27.8 Å². The Morgan fingerprint density at radius 2 is 1.88 bits per heavy atom. The number of benzene rings is 2. The fourth-order valence-electron chi connectivity index (χ4n) is 3.02. The summed E-state index contributed by atoms with van der Waals surface area (Å²) in [6.07, 6.45) is 0. The van der Waals surface area contributed by atoms with Gasteiger partial charge in [0.15, 0.2) is 0 Å². The average molecular weight is 398 g/mol. The van der Waals surface area contributed by atoms with Gasteiger partial charge in [-0.05, 0) is 48.7 Å². The number of ether oxygens (including phenoxy) is 1. The summed E-state index contributed by atoms with van der Waals surface area (Å²) in [5.74, 6) is 1.43. The minimum atomic E-state index is -3.63. The Labute approximate surface area is 158 Å². The Bertz CT molecular complexity index is 899. The van der Waals surface area contributed by atoms with Crippen LogP contribution in [-0.4, -0.2) is 32.1 Å². The molecule has 0 spiro atoms. The van der Waals surface area contributed by atoms with Gasteiger partial charge in [0, 0.05) is 17.3 Å². The Hall–Kier alpha value is -1.21. The maximum absolute atomic E-state index is 13.3. The molecule has 1 aliphatic heterocycles. The van der Waals surface area contributed by atoms with Gasteiger partial charge in [0.25, 0.3) is 0 Å². The van der Waals surface area contributed by atoms with Crippen molar-refractivity contribution in [3.8, 4) is 5.75 Å². The molecule has 1 saturated heterocycles. The number of nitrogens with zero attached hydrogens (tertiary/aromatic N) is 1. The molecule has 1 unspecified atom stereocenters. The predicted molar refractivity (Wildman–Crippen MR) is 103 cm³/mol. The van der Waals surface area contributed by atoms with Crippen molar-refractivity contribution in [1.29, 1.82) is 0 Å². The number of rotatable bonds is 4. The van der Waals surface area contributed by atoms with E-state index in [0.717, 1.165) is 16.9 Å². The van der Waals surface area contributed by atoms with Crippen LogP contribution >= 0.6 is 23.4 Å². The highest BCUT2D eigenvalue weighted by Crippen LogP contribution is 2.44. The number of methoxy groups -OCH3 is 1. The van der Waals surface area contributed by atoms with E-state index in [1.807, 2.05) is 32.0 Å². The minimum absolute atomic E-state index is 0.305. The molecule has 1 fully saturated rings. The lowest BCUT2D eigenvalue weighted by atomic mass is 10.1. The molecule has 1 heterocycles. The van der Waals surface area contributed by atoms with E-state index < -0.39 is 10.0 Å². The molecule has 0 aromatic heterocycles. The molecule has 1 atom stereocenters. The van der Waals surface area contributed by atoms with Gasteiger partial charge in [-0.15, -0.1) is 11.8 Å². The molecule has 0 N–H and O–H groups in total. The molecule has 1 aliphatic rings. The third kappa shape index (κ3) is 3.28. The van der Waals surface area contributed by atoms with Gasteiger partial charge >= 0.3 is 0 Å². The number of halogens is 1. The summed E-state index contributed by atoms with van der Waals surface area (Å²) in [6.45, 7) is 4.16. The van der Waals surface area contributed by atoms with Crippen molar-refractivity contribution >= 4 is 33.4 Å². The fourth-order valence-corrected chi connectivity index (χ4v) is 6.87. The number of thioether (sulfide) groups is 1. The molecular weight excluding hydrogens is 378 g/mol. The van der Waals surface area contributed by atoms with E-state index >= 15 is 0 Å². The van der Waals surface area contributed by atoms with E-state index in [9.17, 15) is 8.42 Å². The van der Waals surface area contributed by atoms with Crippen LogP contribution in [0.1, 0.15) is 22.1 Å². The smallest absolute Gasteiger partial charge is 0.244 e. The second-order valence-corrected chi connectivity index (χ2v) is 9.33. The highest BCUT2D eigenvalue weighted by atomic mass is 35.5. The molecule has 0 aliphatic carbocycles. The highest BCUT2D eigenvalue weighted by Gasteiger charge is 2.38. The summed E-state index contributed by atoms with van der Waals surface area (Å²) in [5, 5.41) is 0.283. The number of sulfonamides is 1. The highest BCUT2D eigenvalue weighted by molar-refractivity contribution is 8.01. The fraction of sp³-hybridized carbons (Fsp3) is 0.333. The largest absolute Gasteiger partial charge is 0.496 e. The van der Waals surface area contributed by atoms with Crippen LogP contribution in [0.5, 0.6) is 5.75 Å². The lowest BCUT2D eigenvalue weighted by Gasteiger charge is -2.25. The third-order valence-corrected chi connectivity index (χ3v) is 8.24. The SMILES string of the molecule is COc1ccc(S(=O)(=O)N2CCSC2c2ccccc2Cl)c(C)c1C. The zero-order valence-corrected chi connectivity index (χ0v) is 16.7. The quantitative estimate of drug-likeness (QED) is 0.767. The van der Waals surface area contributed by atoms with Gasteiger partial charge < -0.3 is 4.74 Å². The monoisotopic (exact) mass is 397 g/mol. The van der Waals surface area contributed by atoms with Gasteiger partial charge in [-0.25, -0.2) is 8.42 Å². The maximum atomic E-state index is 13.3. The van der Waals surface area contributed by atoms with E-state index in [2.05, 4.69) is 0 Å². The molecule has 2 aromatic rings. The molecule has 0 radical (unpaired) electrons. The van der Waals surface area contributed by atoms with Crippen molar-refractivity contribution < 1.29 is 13.2 Å². The van der Waals surface area contributed by atoms with E-state index in [4.69, 9.17) is 16.3 Å². The van der Waals surface area contributed by atoms with Crippen molar-refractivity contribution in [1.82, 2.24) is 4.31 Å². The van der Waals surface area contributed by atoms with E-state index in [-0.39, 0.29) is 5.37 Å². The molecule has 0 amide bonds. The van der Waals surface area contributed by atoms with Crippen molar-refractivity contribution in [3.63, 3.8) is 0 Å². The Balaban J connectivity index is 2.05. The van der Waals surface area contributed by atoms with E-state index in [1.54, 1.807) is 41.4 Å². The first kappa shape index (κ1) is 18.6. The Morgan fingerprint density at radius 1 is 1.16 bits per heavy atom. The van der Waals surface area contributed by atoms with E-state index in [1.165, 1.54) is 0 Å². The van der Waals surface area contributed by atoms with Crippen molar-refractivity contribution in [3.05, 3.63) is 58.1 Å². The van der Waals surface area contributed by atoms with Gasteiger partial charge in [0.1, 0.15) is 5.75 Å². The zero-order valence-electron chi connectivity index (χ0n) is 14.3. The first-order chi connectivity index (χ1) is 11.9. The topological polar surface area (TPSA) is 46.6 Å². The molecule has 0 bridgehead atoms. The lowest BCUT2D eigenvalue weighted by molar-refractivity contribution is 0.410. The second kappa shape index (κ2) is 7.19. The normalized spacial score (nSPS) is 18.5. The first-order valence-electron chi connectivity index (χ1n) is 7.90. The summed E-state index contributed by atoms with van der Waals surface area (Å²) < 4.78 is 33.5. The van der Waals surface area contributed by atoms with Crippen LogP contribution in [-0.2, 0) is 10.0 Å². The molecule has 134 valence electrons. The molecule has 25 heavy (non-hydrogen) atoms. The van der Waals surface area contributed by atoms with Crippen molar-refractivity contribution in [2.24, 2.45) is 0 Å². The summed E-state index contributed by atoms with van der Waals surface area (Å²) in [6, 6.07) is 10.8. The predicted octanol–water partition coefficient (Wildman–Crippen LogP) is 4.40. The summed E-state index contributed by atoms with van der Waals surface area (Å²) in [4.78, 5) is 0.324. The van der Waals surface area contributed by atoms with Crippen LogP contribution in [0.25, 0.3) is 0 Å². The van der Waals surface area contributed by atoms with Gasteiger partial charge in [-0.1, -0.05) is 29.8 Å². The van der Waals surface area contributed by atoms with Crippen molar-refractivity contribution in [2.45, 2.75) is 24.1 Å². The molecule has 2 aromatic carbocycles. The van der Waals surface area contributed by atoms with Gasteiger partial charge in [-0.3, -0.25) is 0 Å². The van der Waals surface area contributed by atoms with Crippen LogP contribution in [0.3, 0.4) is 0 Å². The molecule has 4 nitrogen and oxygen atoms in total. The number of hydrogen-bond acceptors (Lipinski definition) is 4. The van der Waals surface area contributed by atoms with Gasteiger partial charge in [0.05, 0.1) is 17.4 Å². The molecule has 7 heteroatoms. The minimum Gasteiger partial charge on any atom is -0.496 e. The van der Waals surface area contributed by atoms with Gasteiger partial charge in [0.2, 0.25) is 10.0 Å². The lowest BCUT2D eigenvalue weighted by Crippen LogP contribution is -2.31. The van der Waals surface area contributed by atoms with Crippen LogP contribution < -0.4 is 4.74 Å². The average Bonchev–Trinajstić information content (AvgIpc) is 3.08. The molecular formula is C18H20ClNO3S2. The van der Waals surface area contributed by atoms with Gasteiger partial charge in [-0.2, -0.15) is 4.31 Å². The number of hydrogen-bond donors (Lipinski definition) is 0. The van der Waals surface area contributed by atoms with Crippen molar-refractivity contribution in [2.75, 3.05) is 19.4 Å². The molecule has 0 saturated carbocycles. The zero-order chi connectivity index (χ0) is 18.2. The third-order valence-electron chi connectivity index (χ3n) is 4.51. The van der Waals surface area contributed by atoms with Crippen LogP contribution in [0, 0.1) is 13.8 Å². The Kier molecular flexibility index (Phi) is 5.34. The van der Waals surface area contributed by atoms with Crippen LogP contribution in [0.15, 0.2) is 41.3 Å². The first-order valence-corrected chi connectivity index (χ1v) is 10.8. The second-order valence-electron chi connectivity index (χ2n) is 5.88. The Morgan fingerprint density at radius 3 is 2.56 bits per heavy atom. The molecule has 3 rings (SSSR count). The summed E-state index contributed by atoms with van der Waals surface area (Å²) in [7, 11) is -2.05.